The summed E-state index contributed by atoms with van der Waals surface area (Å²) in [7, 11) is 0. The van der Waals surface area contributed by atoms with Crippen LogP contribution in [-0.4, -0.2) is 11.6 Å². The lowest BCUT2D eigenvalue weighted by atomic mass is 9.78. The van der Waals surface area contributed by atoms with Gasteiger partial charge in [-0.25, -0.2) is 0 Å². The number of carbonyl (C=O) groups excluding carboxylic acids is 1. The molecule has 4 atom stereocenters. The van der Waals surface area contributed by atoms with Gasteiger partial charge in [-0.2, -0.15) is 0 Å². The number of hydrogen-bond donors (Lipinski definition) is 0. The minimum atomic E-state index is -0.240. The van der Waals surface area contributed by atoms with E-state index in [1.54, 1.807) is 0 Å². The smallest absolute Gasteiger partial charge is 0.313 e. The van der Waals surface area contributed by atoms with Crippen molar-refractivity contribution < 1.29 is 9.53 Å². The van der Waals surface area contributed by atoms with E-state index in [4.69, 9.17) is 4.74 Å². The molecule has 0 aromatic rings. The lowest BCUT2D eigenvalue weighted by molar-refractivity contribution is -0.173. The van der Waals surface area contributed by atoms with Crippen LogP contribution in [0, 0.1) is 28.1 Å². The Morgan fingerprint density at radius 2 is 1.81 bits per heavy atom. The molecule has 4 unspecified atom stereocenters. The van der Waals surface area contributed by atoms with Crippen LogP contribution < -0.4 is 0 Å². The summed E-state index contributed by atoms with van der Waals surface area (Å²) in [5.41, 5.74) is -0.145. The number of rotatable bonds is 3. The highest BCUT2D eigenvalue weighted by Crippen LogP contribution is 2.69. The van der Waals surface area contributed by atoms with Gasteiger partial charge < -0.3 is 4.74 Å². The average molecular weight is 292 g/mol. The van der Waals surface area contributed by atoms with E-state index in [2.05, 4.69) is 41.5 Å². The van der Waals surface area contributed by atoms with Crippen molar-refractivity contribution in [2.24, 2.45) is 28.1 Å². The summed E-state index contributed by atoms with van der Waals surface area (Å²) in [6.45, 7) is 13.3. The molecule has 0 aliphatic heterocycles. The van der Waals surface area contributed by atoms with E-state index >= 15 is 0 Å². The van der Waals surface area contributed by atoms with Crippen molar-refractivity contribution in [3.05, 3.63) is 0 Å². The van der Waals surface area contributed by atoms with Gasteiger partial charge in [0.2, 0.25) is 0 Å². The maximum atomic E-state index is 13.0. The molecule has 0 aromatic heterocycles. The number of fused-ring (bicyclic) bond motifs is 2. The molecule has 120 valence electrons. The maximum absolute atomic E-state index is 13.0. The third kappa shape index (κ3) is 2.43. The van der Waals surface area contributed by atoms with Gasteiger partial charge in [-0.3, -0.25) is 4.79 Å². The molecule has 2 bridgehead atoms. The number of ether oxygens (including phenoxy) is 1. The molecule has 0 N–H and O–H groups in total. The average Bonchev–Trinajstić information content (AvgIpc) is 2.65. The second kappa shape index (κ2) is 4.26. The van der Waals surface area contributed by atoms with E-state index in [0.29, 0.717) is 5.92 Å². The maximum Gasteiger partial charge on any atom is 0.313 e. The van der Waals surface area contributed by atoms with Gasteiger partial charge in [-0.1, -0.05) is 34.6 Å². The predicted octanol–water partition coefficient (Wildman–Crippen LogP) is 4.96. The Morgan fingerprint density at radius 1 is 1.19 bits per heavy atom. The first-order valence-electron chi connectivity index (χ1n) is 8.71. The van der Waals surface area contributed by atoms with E-state index in [1.165, 1.54) is 19.3 Å². The SMILES string of the molecule is CC(C)(C)CC1(C(=O)OC2(C)CC3CCC2C3)CC1(C)C. The summed E-state index contributed by atoms with van der Waals surface area (Å²) in [6, 6.07) is 0. The van der Waals surface area contributed by atoms with Crippen LogP contribution >= 0.6 is 0 Å². The highest BCUT2D eigenvalue weighted by Gasteiger charge is 2.69. The van der Waals surface area contributed by atoms with Crippen molar-refractivity contribution in [1.82, 2.24) is 0 Å². The zero-order valence-electron chi connectivity index (χ0n) is 14.7. The van der Waals surface area contributed by atoms with E-state index in [1.807, 2.05) is 0 Å². The van der Waals surface area contributed by atoms with E-state index in [9.17, 15) is 4.79 Å². The Kier molecular flexibility index (Phi) is 3.12. The Balaban J connectivity index is 1.75. The van der Waals surface area contributed by atoms with Crippen molar-refractivity contribution >= 4 is 5.97 Å². The van der Waals surface area contributed by atoms with Crippen molar-refractivity contribution in [3.63, 3.8) is 0 Å². The second-order valence-electron chi connectivity index (χ2n) is 10.2. The van der Waals surface area contributed by atoms with Crippen molar-refractivity contribution in [2.75, 3.05) is 0 Å². The standard InChI is InChI=1S/C19H32O2/c1-16(2,3)11-19(12-17(19,4)5)15(20)21-18(6)10-13-7-8-14(18)9-13/h13-14H,7-12H2,1-6H3. The van der Waals surface area contributed by atoms with Gasteiger partial charge in [0.1, 0.15) is 5.60 Å². The van der Waals surface area contributed by atoms with Gasteiger partial charge in [0.05, 0.1) is 5.41 Å². The molecular formula is C19H32O2. The van der Waals surface area contributed by atoms with Crippen LogP contribution in [0.15, 0.2) is 0 Å². The summed E-state index contributed by atoms with van der Waals surface area (Å²) in [5, 5.41) is 0. The first-order valence-corrected chi connectivity index (χ1v) is 8.71. The Morgan fingerprint density at radius 3 is 2.19 bits per heavy atom. The zero-order chi connectivity index (χ0) is 15.7. The van der Waals surface area contributed by atoms with Gasteiger partial charge >= 0.3 is 5.97 Å². The molecule has 3 saturated carbocycles. The van der Waals surface area contributed by atoms with Crippen molar-refractivity contribution in [3.8, 4) is 0 Å². The molecule has 0 aromatic carbocycles. The lowest BCUT2D eigenvalue weighted by Crippen LogP contribution is -2.41. The minimum Gasteiger partial charge on any atom is -0.459 e. The molecule has 2 heteroatoms. The summed E-state index contributed by atoms with van der Waals surface area (Å²) in [5.74, 6) is 1.51. The van der Waals surface area contributed by atoms with Crippen molar-refractivity contribution in [1.29, 1.82) is 0 Å². The van der Waals surface area contributed by atoms with E-state index < -0.39 is 0 Å². The summed E-state index contributed by atoms with van der Waals surface area (Å²) in [4.78, 5) is 13.0. The predicted molar refractivity (Wildman–Crippen MR) is 84.8 cm³/mol. The summed E-state index contributed by atoms with van der Waals surface area (Å²) < 4.78 is 6.20. The van der Waals surface area contributed by atoms with Crippen LogP contribution in [0.25, 0.3) is 0 Å². The molecule has 0 radical (unpaired) electrons. The van der Waals surface area contributed by atoms with Gasteiger partial charge in [0.25, 0.3) is 0 Å². The van der Waals surface area contributed by atoms with Crippen LogP contribution in [-0.2, 0) is 9.53 Å². The molecule has 2 nitrogen and oxygen atoms in total. The lowest BCUT2D eigenvalue weighted by Gasteiger charge is -2.37. The van der Waals surface area contributed by atoms with Gasteiger partial charge in [0, 0.05) is 0 Å². The molecule has 0 heterocycles. The topological polar surface area (TPSA) is 26.3 Å². The van der Waals surface area contributed by atoms with Crippen LogP contribution in [0.2, 0.25) is 0 Å². The fourth-order valence-electron chi connectivity index (χ4n) is 5.33. The molecule has 3 aliphatic carbocycles. The molecule has 3 fully saturated rings. The van der Waals surface area contributed by atoms with Crippen LogP contribution in [0.1, 0.15) is 80.1 Å². The summed E-state index contributed by atoms with van der Waals surface area (Å²) in [6.07, 6.45) is 6.89. The van der Waals surface area contributed by atoms with Gasteiger partial charge in [-0.05, 0) is 68.1 Å². The molecule has 3 rings (SSSR count). The molecule has 0 amide bonds. The molecule has 0 saturated heterocycles. The first-order chi connectivity index (χ1) is 9.48. The monoisotopic (exact) mass is 292 g/mol. The molecular weight excluding hydrogens is 260 g/mol. The highest BCUT2D eigenvalue weighted by molar-refractivity contribution is 5.82. The molecule has 0 spiro atoms. The first kappa shape index (κ1) is 15.4. The fourth-order valence-corrected chi connectivity index (χ4v) is 5.33. The third-order valence-electron chi connectivity index (χ3n) is 6.56. The van der Waals surface area contributed by atoms with Gasteiger partial charge in [-0.15, -0.1) is 0 Å². The third-order valence-corrected chi connectivity index (χ3v) is 6.56. The number of esters is 1. The van der Waals surface area contributed by atoms with E-state index in [-0.39, 0.29) is 27.8 Å². The number of carbonyl (C=O) groups is 1. The van der Waals surface area contributed by atoms with Crippen LogP contribution in [0.5, 0.6) is 0 Å². The normalized spacial score (nSPS) is 43.9. The quantitative estimate of drug-likeness (QED) is 0.687. The van der Waals surface area contributed by atoms with Crippen molar-refractivity contribution in [2.45, 2.75) is 85.7 Å². The Labute approximate surface area is 130 Å². The summed E-state index contributed by atoms with van der Waals surface area (Å²) >= 11 is 0. The molecule has 21 heavy (non-hydrogen) atoms. The molecule has 3 aliphatic rings. The second-order valence-corrected chi connectivity index (χ2v) is 10.2. The Bertz CT molecular complexity index is 459. The number of hydrogen-bond acceptors (Lipinski definition) is 2. The van der Waals surface area contributed by atoms with Crippen LogP contribution in [0.4, 0.5) is 0 Å². The fraction of sp³-hybridized carbons (Fsp3) is 0.947. The highest BCUT2D eigenvalue weighted by atomic mass is 16.6. The van der Waals surface area contributed by atoms with Crippen LogP contribution in [0.3, 0.4) is 0 Å². The Hall–Kier alpha value is -0.530. The largest absolute Gasteiger partial charge is 0.459 e. The zero-order valence-corrected chi connectivity index (χ0v) is 14.7. The minimum absolute atomic E-state index is 0.0949. The van der Waals surface area contributed by atoms with Gasteiger partial charge in [0.15, 0.2) is 0 Å². The van der Waals surface area contributed by atoms with E-state index in [0.717, 1.165) is 25.2 Å².